The maximum atomic E-state index is 9.87. The fraction of sp³-hybridized carbons (Fsp3) is 0.895. The third kappa shape index (κ3) is 9.14. The molecule has 0 unspecified atom stereocenters. The van der Waals surface area contributed by atoms with Crippen LogP contribution in [0.25, 0.3) is 0 Å². The van der Waals surface area contributed by atoms with Gasteiger partial charge in [0.05, 0.1) is 19.8 Å². The zero-order valence-corrected chi connectivity index (χ0v) is 15.1. The molecule has 5 nitrogen and oxygen atoms in total. The summed E-state index contributed by atoms with van der Waals surface area (Å²) in [4.78, 5) is 0. The van der Waals surface area contributed by atoms with Gasteiger partial charge in [0.25, 0.3) is 0 Å². The van der Waals surface area contributed by atoms with Crippen LogP contribution in [0.15, 0.2) is 12.2 Å². The van der Waals surface area contributed by atoms with E-state index in [2.05, 4.69) is 13.0 Å². The molecule has 0 aromatic rings. The van der Waals surface area contributed by atoms with Crippen molar-refractivity contribution in [3.63, 3.8) is 0 Å². The summed E-state index contributed by atoms with van der Waals surface area (Å²) in [6, 6.07) is 0. The van der Waals surface area contributed by atoms with Crippen molar-refractivity contribution in [2.75, 3.05) is 19.8 Å². The minimum atomic E-state index is -1.04. The summed E-state index contributed by atoms with van der Waals surface area (Å²) in [6.07, 6.45) is 12.1. The molecule has 0 aliphatic carbocycles. The van der Waals surface area contributed by atoms with Crippen LogP contribution in [0.4, 0.5) is 0 Å². The molecule has 1 aliphatic heterocycles. The van der Waals surface area contributed by atoms with Crippen LogP contribution in [0, 0.1) is 0 Å². The molecule has 0 aromatic carbocycles. The van der Waals surface area contributed by atoms with Crippen LogP contribution in [0.3, 0.4) is 0 Å². The molecule has 0 aromatic heterocycles. The van der Waals surface area contributed by atoms with E-state index in [4.69, 9.17) is 9.47 Å². The van der Waals surface area contributed by atoms with Crippen molar-refractivity contribution >= 4 is 0 Å². The van der Waals surface area contributed by atoms with E-state index in [1.165, 1.54) is 51.4 Å². The molecule has 1 heterocycles. The molecule has 3 N–H and O–H groups in total. The molecular weight excluding hydrogens is 308 g/mol. The number of aliphatic hydroxyl groups is 3. The summed E-state index contributed by atoms with van der Waals surface area (Å²) in [7, 11) is 0. The lowest BCUT2D eigenvalue weighted by atomic mass is 10.1. The number of ether oxygens (including phenoxy) is 2. The number of aliphatic hydroxyl groups excluding tert-OH is 3. The number of rotatable bonds is 14. The van der Waals surface area contributed by atoms with Crippen molar-refractivity contribution in [2.24, 2.45) is 0 Å². The Bertz CT molecular complexity index is 321. The number of hydrogen-bond acceptors (Lipinski definition) is 5. The quantitative estimate of drug-likeness (QED) is 0.333. The summed E-state index contributed by atoms with van der Waals surface area (Å²) in [5.74, 6) is 0. The second-order valence-corrected chi connectivity index (χ2v) is 6.70. The second-order valence-electron chi connectivity index (χ2n) is 6.70. The highest BCUT2D eigenvalue weighted by Crippen LogP contribution is 2.17. The van der Waals surface area contributed by atoms with Gasteiger partial charge in [0, 0.05) is 0 Å². The largest absolute Gasteiger partial charge is 0.388 e. The lowest BCUT2D eigenvalue weighted by molar-refractivity contribution is -0.0782. The predicted molar refractivity (Wildman–Crippen MR) is 94.9 cm³/mol. The molecule has 0 bridgehead atoms. The standard InChI is InChI=1S/C19H36O5/c1-2-3-4-5-6-7-8-9-10-11-12-13-23-14-17(21)19-18(22)16(20)15-24-19/h11-12,16-22H,2-10,13-15H2,1H3/b12-11+/t16-,17+,18+,19+/m0/s1. The van der Waals surface area contributed by atoms with E-state index in [0.29, 0.717) is 6.61 Å². The maximum absolute atomic E-state index is 9.87. The molecule has 142 valence electrons. The molecule has 0 spiro atoms. The zero-order chi connectivity index (χ0) is 17.6. The summed E-state index contributed by atoms with van der Waals surface area (Å²) in [6.45, 7) is 2.84. The minimum Gasteiger partial charge on any atom is -0.388 e. The molecule has 4 atom stereocenters. The van der Waals surface area contributed by atoms with Crippen LogP contribution in [-0.4, -0.2) is 59.6 Å². The van der Waals surface area contributed by atoms with Gasteiger partial charge in [-0.1, -0.05) is 64.0 Å². The highest BCUT2D eigenvalue weighted by Gasteiger charge is 2.39. The molecule has 1 fully saturated rings. The average Bonchev–Trinajstić information content (AvgIpc) is 2.91. The van der Waals surface area contributed by atoms with Gasteiger partial charge in [0.15, 0.2) is 0 Å². The Kier molecular flexibility index (Phi) is 12.4. The van der Waals surface area contributed by atoms with Gasteiger partial charge in [0.1, 0.15) is 24.4 Å². The van der Waals surface area contributed by atoms with E-state index in [9.17, 15) is 15.3 Å². The van der Waals surface area contributed by atoms with Crippen molar-refractivity contribution in [2.45, 2.75) is 89.1 Å². The van der Waals surface area contributed by atoms with Gasteiger partial charge in [-0.2, -0.15) is 0 Å². The molecule has 24 heavy (non-hydrogen) atoms. The molecule has 1 saturated heterocycles. The lowest BCUT2D eigenvalue weighted by Crippen LogP contribution is -2.40. The summed E-state index contributed by atoms with van der Waals surface area (Å²) < 4.78 is 10.5. The molecule has 1 aliphatic rings. The van der Waals surface area contributed by atoms with E-state index in [1.54, 1.807) is 0 Å². The third-order valence-electron chi connectivity index (χ3n) is 4.46. The Morgan fingerprint density at radius 2 is 1.71 bits per heavy atom. The van der Waals surface area contributed by atoms with Crippen molar-refractivity contribution in [3.8, 4) is 0 Å². The van der Waals surface area contributed by atoms with Crippen molar-refractivity contribution in [1.29, 1.82) is 0 Å². The van der Waals surface area contributed by atoms with E-state index in [-0.39, 0.29) is 13.2 Å². The van der Waals surface area contributed by atoms with E-state index in [0.717, 1.165) is 6.42 Å². The lowest BCUT2D eigenvalue weighted by Gasteiger charge is -2.20. The van der Waals surface area contributed by atoms with E-state index >= 15 is 0 Å². The van der Waals surface area contributed by atoms with Gasteiger partial charge < -0.3 is 24.8 Å². The van der Waals surface area contributed by atoms with E-state index in [1.807, 2.05) is 6.08 Å². The molecule has 1 rings (SSSR count). The van der Waals surface area contributed by atoms with Gasteiger partial charge in [-0.05, 0) is 12.8 Å². The van der Waals surface area contributed by atoms with Crippen LogP contribution < -0.4 is 0 Å². The second kappa shape index (κ2) is 13.8. The highest BCUT2D eigenvalue weighted by molar-refractivity contribution is 4.88. The monoisotopic (exact) mass is 344 g/mol. The Labute approximate surface area is 146 Å². The normalized spacial score (nSPS) is 25.6. The predicted octanol–water partition coefficient (Wildman–Crippen LogP) is 2.57. The molecule has 5 heteroatoms. The SMILES string of the molecule is CCCCCCCCCC/C=C/COC[C@@H](O)[C@H]1OC[C@H](O)[C@H]1O. The fourth-order valence-corrected chi connectivity index (χ4v) is 2.90. The Morgan fingerprint density at radius 1 is 1.04 bits per heavy atom. The minimum absolute atomic E-state index is 0.0569. The first-order valence-electron chi connectivity index (χ1n) is 9.55. The molecule has 0 saturated carbocycles. The summed E-state index contributed by atoms with van der Waals surface area (Å²) >= 11 is 0. The fourth-order valence-electron chi connectivity index (χ4n) is 2.90. The topological polar surface area (TPSA) is 79.2 Å². The van der Waals surface area contributed by atoms with Crippen LogP contribution in [0.5, 0.6) is 0 Å². The first-order chi connectivity index (χ1) is 11.7. The van der Waals surface area contributed by atoms with Gasteiger partial charge in [-0.15, -0.1) is 0 Å². The van der Waals surface area contributed by atoms with Crippen LogP contribution >= 0.6 is 0 Å². The average molecular weight is 344 g/mol. The van der Waals surface area contributed by atoms with Gasteiger partial charge in [-0.3, -0.25) is 0 Å². The maximum Gasteiger partial charge on any atom is 0.114 e. The first kappa shape index (κ1) is 21.6. The smallest absolute Gasteiger partial charge is 0.114 e. The molecular formula is C19H36O5. The van der Waals surface area contributed by atoms with E-state index < -0.39 is 24.4 Å². The summed E-state index contributed by atoms with van der Waals surface area (Å²) in [5, 5.41) is 28.9. The summed E-state index contributed by atoms with van der Waals surface area (Å²) in [5.41, 5.74) is 0. The number of hydrogen-bond donors (Lipinski definition) is 3. The number of unbranched alkanes of at least 4 members (excludes halogenated alkanes) is 8. The zero-order valence-electron chi connectivity index (χ0n) is 15.1. The Balaban J connectivity index is 1.89. The highest BCUT2D eigenvalue weighted by atomic mass is 16.5. The Morgan fingerprint density at radius 3 is 2.33 bits per heavy atom. The van der Waals surface area contributed by atoms with Crippen molar-refractivity contribution in [1.82, 2.24) is 0 Å². The van der Waals surface area contributed by atoms with Gasteiger partial charge in [0.2, 0.25) is 0 Å². The van der Waals surface area contributed by atoms with Crippen LogP contribution in [0.2, 0.25) is 0 Å². The number of allylic oxidation sites excluding steroid dienone is 1. The molecule has 0 amide bonds. The van der Waals surface area contributed by atoms with Crippen LogP contribution in [0.1, 0.15) is 64.7 Å². The molecule has 0 radical (unpaired) electrons. The third-order valence-corrected chi connectivity index (χ3v) is 4.46. The Hall–Kier alpha value is -0.460. The van der Waals surface area contributed by atoms with Crippen LogP contribution in [-0.2, 0) is 9.47 Å². The van der Waals surface area contributed by atoms with Gasteiger partial charge in [-0.25, -0.2) is 0 Å². The van der Waals surface area contributed by atoms with Gasteiger partial charge >= 0.3 is 0 Å². The van der Waals surface area contributed by atoms with Crippen molar-refractivity contribution < 1.29 is 24.8 Å². The van der Waals surface area contributed by atoms with Crippen molar-refractivity contribution in [3.05, 3.63) is 12.2 Å². The first-order valence-corrected chi connectivity index (χ1v) is 9.55.